The molecule has 0 saturated carbocycles. The summed E-state index contributed by atoms with van der Waals surface area (Å²) < 4.78 is 10.9. The first-order chi connectivity index (χ1) is 8.06. The van der Waals surface area contributed by atoms with E-state index in [-0.39, 0.29) is 6.10 Å². The molecule has 17 heavy (non-hydrogen) atoms. The fraction of sp³-hybridized carbons (Fsp3) is 0.333. The first-order valence-corrected chi connectivity index (χ1v) is 5.43. The molecule has 5 nitrogen and oxygen atoms in total. The zero-order chi connectivity index (χ0) is 12.4. The van der Waals surface area contributed by atoms with Gasteiger partial charge in [-0.3, -0.25) is 0 Å². The molecule has 0 radical (unpaired) electrons. The van der Waals surface area contributed by atoms with Crippen LogP contribution in [0.5, 0.6) is 5.75 Å². The smallest absolute Gasteiger partial charge is 0.247 e. The molecule has 5 heteroatoms. The molecule has 0 unspecified atom stereocenters. The van der Waals surface area contributed by atoms with Crippen LogP contribution in [0.15, 0.2) is 22.6 Å². The summed E-state index contributed by atoms with van der Waals surface area (Å²) in [4.78, 5) is 0. The van der Waals surface area contributed by atoms with Crippen LogP contribution in [-0.4, -0.2) is 16.3 Å². The van der Waals surface area contributed by atoms with E-state index in [0.29, 0.717) is 23.2 Å². The van der Waals surface area contributed by atoms with Gasteiger partial charge in [0.1, 0.15) is 5.75 Å². The monoisotopic (exact) mass is 233 g/mol. The molecule has 0 amide bonds. The van der Waals surface area contributed by atoms with Crippen molar-refractivity contribution in [1.29, 1.82) is 0 Å². The molecular weight excluding hydrogens is 218 g/mol. The van der Waals surface area contributed by atoms with E-state index in [1.807, 2.05) is 26.0 Å². The molecule has 1 heterocycles. The molecular formula is C12H15N3O2. The van der Waals surface area contributed by atoms with Crippen molar-refractivity contribution >= 4 is 5.69 Å². The summed E-state index contributed by atoms with van der Waals surface area (Å²) in [6, 6.07) is 5.41. The first-order valence-electron chi connectivity index (χ1n) is 5.43. The number of nitrogens with zero attached hydrogens (tertiary/aromatic N) is 2. The highest BCUT2D eigenvalue weighted by Gasteiger charge is 2.10. The summed E-state index contributed by atoms with van der Waals surface area (Å²) in [7, 11) is 0. The van der Waals surface area contributed by atoms with Gasteiger partial charge in [0, 0.05) is 12.5 Å². The second kappa shape index (κ2) is 4.45. The van der Waals surface area contributed by atoms with Crippen molar-refractivity contribution in [3.63, 3.8) is 0 Å². The third kappa shape index (κ3) is 2.55. The van der Waals surface area contributed by atoms with Gasteiger partial charge in [0.25, 0.3) is 0 Å². The Kier molecular flexibility index (Phi) is 2.99. The number of nitrogen functional groups attached to an aromatic ring is 1. The number of aromatic nitrogens is 2. The number of ether oxygens (including phenoxy) is 1. The lowest BCUT2D eigenvalue weighted by Gasteiger charge is -2.12. The molecule has 0 atom stereocenters. The Bertz CT molecular complexity index is 520. The molecule has 2 rings (SSSR count). The number of anilines is 1. The van der Waals surface area contributed by atoms with Crippen LogP contribution in [0.4, 0.5) is 5.69 Å². The second-order valence-electron chi connectivity index (χ2n) is 4.05. The lowest BCUT2D eigenvalue weighted by molar-refractivity contribution is 0.244. The predicted molar refractivity (Wildman–Crippen MR) is 64.6 cm³/mol. The summed E-state index contributed by atoms with van der Waals surface area (Å²) in [5, 5.41) is 7.74. The van der Waals surface area contributed by atoms with Crippen molar-refractivity contribution in [2.75, 3.05) is 5.73 Å². The summed E-state index contributed by atoms with van der Waals surface area (Å²) in [5.74, 6) is 1.63. The maximum absolute atomic E-state index is 5.83. The molecule has 2 N–H and O–H groups in total. The van der Waals surface area contributed by atoms with Crippen LogP contribution in [0.2, 0.25) is 0 Å². The molecule has 1 aromatic heterocycles. The highest BCUT2D eigenvalue weighted by molar-refractivity contribution is 5.64. The molecule has 0 aliphatic heterocycles. The maximum Gasteiger partial charge on any atom is 0.247 e. The molecule has 0 aliphatic carbocycles. The zero-order valence-electron chi connectivity index (χ0n) is 10.1. The van der Waals surface area contributed by atoms with E-state index in [0.717, 1.165) is 5.56 Å². The van der Waals surface area contributed by atoms with Gasteiger partial charge in [-0.1, -0.05) is 0 Å². The van der Waals surface area contributed by atoms with E-state index in [2.05, 4.69) is 10.2 Å². The van der Waals surface area contributed by atoms with Crippen LogP contribution in [0.3, 0.4) is 0 Å². The molecule has 0 bridgehead atoms. The van der Waals surface area contributed by atoms with Crippen LogP contribution in [-0.2, 0) is 0 Å². The fourth-order valence-corrected chi connectivity index (χ4v) is 1.44. The molecule has 0 fully saturated rings. The van der Waals surface area contributed by atoms with Crippen molar-refractivity contribution < 1.29 is 9.15 Å². The average molecular weight is 233 g/mol. The van der Waals surface area contributed by atoms with E-state index >= 15 is 0 Å². The Morgan fingerprint density at radius 1 is 1.29 bits per heavy atom. The molecule has 0 aliphatic rings. The Balaban J connectivity index is 2.36. The minimum absolute atomic E-state index is 0.0666. The van der Waals surface area contributed by atoms with Gasteiger partial charge in [0.15, 0.2) is 0 Å². The Labute approximate surface area is 99.6 Å². The zero-order valence-corrected chi connectivity index (χ0v) is 10.1. The number of benzene rings is 1. The van der Waals surface area contributed by atoms with E-state index in [1.54, 1.807) is 13.0 Å². The summed E-state index contributed by atoms with van der Waals surface area (Å²) in [5.41, 5.74) is 7.23. The third-order valence-corrected chi connectivity index (χ3v) is 2.15. The van der Waals surface area contributed by atoms with E-state index in [1.165, 1.54) is 0 Å². The number of rotatable bonds is 3. The van der Waals surface area contributed by atoms with Crippen LogP contribution < -0.4 is 10.5 Å². The van der Waals surface area contributed by atoms with Gasteiger partial charge in [-0.05, 0) is 32.0 Å². The van der Waals surface area contributed by atoms with E-state index in [4.69, 9.17) is 14.9 Å². The fourth-order valence-electron chi connectivity index (χ4n) is 1.44. The molecule has 2 aromatic rings. The van der Waals surface area contributed by atoms with Crippen molar-refractivity contribution in [1.82, 2.24) is 10.2 Å². The van der Waals surface area contributed by atoms with Gasteiger partial charge in [0.2, 0.25) is 11.8 Å². The van der Waals surface area contributed by atoms with Crippen molar-refractivity contribution in [2.45, 2.75) is 26.9 Å². The average Bonchev–Trinajstić information content (AvgIpc) is 2.67. The maximum atomic E-state index is 5.83. The Hall–Kier alpha value is -2.04. The van der Waals surface area contributed by atoms with Crippen molar-refractivity contribution in [2.24, 2.45) is 0 Å². The molecule has 90 valence electrons. The largest absolute Gasteiger partial charge is 0.489 e. The van der Waals surface area contributed by atoms with Crippen LogP contribution in [0.1, 0.15) is 19.7 Å². The Morgan fingerprint density at radius 3 is 2.65 bits per heavy atom. The van der Waals surface area contributed by atoms with E-state index < -0.39 is 0 Å². The highest BCUT2D eigenvalue weighted by atomic mass is 16.5. The quantitative estimate of drug-likeness (QED) is 0.824. The number of aryl methyl sites for hydroxylation is 1. The number of hydrogen-bond acceptors (Lipinski definition) is 5. The number of nitrogens with two attached hydrogens (primary N) is 1. The van der Waals surface area contributed by atoms with Crippen molar-refractivity contribution in [3.8, 4) is 17.2 Å². The topological polar surface area (TPSA) is 74.2 Å². The van der Waals surface area contributed by atoms with Gasteiger partial charge in [-0.25, -0.2) is 0 Å². The molecule has 0 spiro atoms. The van der Waals surface area contributed by atoms with Crippen LogP contribution >= 0.6 is 0 Å². The van der Waals surface area contributed by atoms with Gasteiger partial charge >= 0.3 is 0 Å². The van der Waals surface area contributed by atoms with Gasteiger partial charge < -0.3 is 14.9 Å². The first kappa shape index (κ1) is 11.4. The third-order valence-electron chi connectivity index (χ3n) is 2.15. The summed E-state index contributed by atoms with van der Waals surface area (Å²) >= 11 is 0. The minimum Gasteiger partial charge on any atom is -0.489 e. The van der Waals surface area contributed by atoms with Crippen LogP contribution in [0.25, 0.3) is 11.5 Å². The van der Waals surface area contributed by atoms with Gasteiger partial charge in [-0.2, -0.15) is 0 Å². The second-order valence-corrected chi connectivity index (χ2v) is 4.05. The van der Waals surface area contributed by atoms with Crippen molar-refractivity contribution in [3.05, 3.63) is 24.1 Å². The lowest BCUT2D eigenvalue weighted by Crippen LogP contribution is -2.07. The summed E-state index contributed by atoms with van der Waals surface area (Å²) in [6.45, 7) is 5.64. The lowest BCUT2D eigenvalue weighted by atomic mass is 10.2. The normalized spacial score (nSPS) is 10.8. The van der Waals surface area contributed by atoms with Crippen LogP contribution in [0, 0.1) is 6.92 Å². The highest BCUT2D eigenvalue weighted by Crippen LogP contribution is 2.28. The molecule has 0 saturated heterocycles. The van der Waals surface area contributed by atoms with Gasteiger partial charge in [-0.15, -0.1) is 10.2 Å². The van der Waals surface area contributed by atoms with E-state index in [9.17, 15) is 0 Å². The standard InChI is InChI=1S/C12H15N3O2/c1-7(2)16-11-6-9(4-5-10(11)13)12-15-14-8(3)17-12/h4-7H,13H2,1-3H3. The van der Waals surface area contributed by atoms with Gasteiger partial charge in [0.05, 0.1) is 11.8 Å². The number of hydrogen-bond donors (Lipinski definition) is 1. The predicted octanol–water partition coefficient (Wildman–Crippen LogP) is 2.41. The minimum atomic E-state index is 0.0666. The SMILES string of the molecule is Cc1nnc(-c2ccc(N)c(OC(C)C)c2)o1. The Morgan fingerprint density at radius 2 is 2.06 bits per heavy atom. The summed E-state index contributed by atoms with van der Waals surface area (Å²) in [6.07, 6.45) is 0.0666. The molecule has 1 aromatic carbocycles.